The third-order valence-corrected chi connectivity index (χ3v) is 7.51. The second-order valence-corrected chi connectivity index (χ2v) is 12.0. The summed E-state index contributed by atoms with van der Waals surface area (Å²) in [4.78, 5) is 9.27. The third-order valence-electron chi connectivity index (χ3n) is 7.51. The van der Waals surface area contributed by atoms with Gasteiger partial charge in [0.15, 0.2) is 5.82 Å². The summed E-state index contributed by atoms with van der Waals surface area (Å²) in [5.74, 6) is 3.51. The Morgan fingerprint density at radius 1 is 0.786 bits per heavy atom. The van der Waals surface area contributed by atoms with E-state index in [1.165, 1.54) is 24.0 Å². The Morgan fingerprint density at radius 2 is 1.33 bits per heavy atom. The normalized spacial score (nSPS) is 18.9. The first-order valence-electron chi connectivity index (χ1n) is 15.5. The van der Waals surface area contributed by atoms with Gasteiger partial charge in [0.05, 0.1) is 7.11 Å². The van der Waals surface area contributed by atoms with Gasteiger partial charge in [0, 0.05) is 22.7 Å². The minimum absolute atomic E-state index is 0.0576. The highest BCUT2D eigenvalue weighted by atomic mass is 16.5. The maximum Gasteiger partial charge on any atom is 0.223 e. The summed E-state index contributed by atoms with van der Waals surface area (Å²) in [6.07, 6.45) is 4.71. The van der Waals surface area contributed by atoms with Crippen molar-refractivity contribution in [3.63, 3.8) is 0 Å². The van der Waals surface area contributed by atoms with Crippen LogP contribution >= 0.6 is 0 Å². The van der Waals surface area contributed by atoms with Crippen LogP contribution in [0.25, 0.3) is 11.4 Å². The Hall–Kier alpha value is -3.66. The topological polar surface area (TPSA) is 44.2 Å². The first-order chi connectivity index (χ1) is 20.2. The van der Waals surface area contributed by atoms with E-state index in [4.69, 9.17) is 9.47 Å². The Labute approximate surface area is 254 Å². The van der Waals surface area contributed by atoms with E-state index in [9.17, 15) is 0 Å². The van der Waals surface area contributed by atoms with Crippen molar-refractivity contribution < 1.29 is 9.47 Å². The van der Waals surface area contributed by atoms with Gasteiger partial charge in [-0.15, -0.1) is 0 Å². The van der Waals surface area contributed by atoms with Crippen LogP contribution in [0.1, 0.15) is 91.0 Å². The monoisotopic (exact) mass is 566 g/mol. The van der Waals surface area contributed by atoms with Gasteiger partial charge < -0.3 is 9.47 Å². The molecule has 4 nitrogen and oxygen atoms in total. The van der Waals surface area contributed by atoms with Crippen molar-refractivity contribution in [2.45, 2.75) is 86.5 Å². The van der Waals surface area contributed by atoms with Gasteiger partial charge in [-0.2, -0.15) is 4.98 Å². The summed E-state index contributed by atoms with van der Waals surface area (Å²) in [6.45, 7) is 17.4. The molecule has 0 N–H and O–H groups in total. The van der Waals surface area contributed by atoms with E-state index < -0.39 is 0 Å². The summed E-state index contributed by atoms with van der Waals surface area (Å²) in [7, 11) is 1.72. The van der Waals surface area contributed by atoms with Gasteiger partial charge in [-0.3, -0.25) is 0 Å². The molecule has 1 saturated carbocycles. The number of benzene rings is 3. The number of rotatable bonds is 6. The fourth-order valence-electron chi connectivity index (χ4n) is 6.36. The number of aromatic nitrogens is 2. The first kappa shape index (κ1) is 32.8. The smallest absolute Gasteiger partial charge is 0.223 e. The van der Waals surface area contributed by atoms with E-state index in [1.807, 2.05) is 57.2 Å². The van der Waals surface area contributed by atoms with Gasteiger partial charge in [-0.05, 0) is 72.9 Å². The summed E-state index contributed by atoms with van der Waals surface area (Å²) in [5, 5.41) is 0. The van der Waals surface area contributed by atoms with E-state index >= 15 is 0 Å². The average Bonchev–Trinajstić information content (AvgIpc) is 2.98. The molecule has 1 aliphatic rings. The minimum atomic E-state index is -0.0576. The molecule has 4 heteroatoms. The van der Waals surface area contributed by atoms with Gasteiger partial charge in [-0.25, -0.2) is 4.98 Å². The summed E-state index contributed by atoms with van der Waals surface area (Å²) in [6, 6.07) is 29.2. The average molecular weight is 567 g/mol. The molecule has 0 spiro atoms. The van der Waals surface area contributed by atoms with E-state index in [-0.39, 0.29) is 10.8 Å². The van der Waals surface area contributed by atoms with Crippen molar-refractivity contribution in [3.8, 4) is 28.8 Å². The van der Waals surface area contributed by atoms with Crippen molar-refractivity contribution in [3.05, 3.63) is 102 Å². The SMILES string of the molecule is CC.CCC.COc1ccc(C2(c3ccc(Oc4cc(C)nc(-c5ccccc5)n4)cc3)CC(C)CC(C)(C)C2)cc1. The van der Waals surface area contributed by atoms with Crippen molar-refractivity contribution in [1.29, 1.82) is 0 Å². The van der Waals surface area contributed by atoms with Crippen LogP contribution in [0.15, 0.2) is 84.9 Å². The van der Waals surface area contributed by atoms with Gasteiger partial charge in [-0.1, -0.05) is 109 Å². The van der Waals surface area contributed by atoms with Gasteiger partial charge in [0.25, 0.3) is 0 Å². The Bertz CT molecular complexity index is 1360. The Balaban J connectivity index is 0.000000910. The fraction of sp³-hybridized carbons (Fsp3) is 0.421. The molecule has 5 rings (SSSR count). The number of ether oxygens (including phenoxy) is 2. The second-order valence-electron chi connectivity index (χ2n) is 12.0. The number of aryl methyl sites for hydroxylation is 1. The fourth-order valence-corrected chi connectivity index (χ4v) is 6.36. The van der Waals surface area contributed by atoms with Gasteiger partial charge in [0.2, 0.25) is 5.88 Å². The lowest BCUT2D eigenvalue weighted by Gasteiger charge is -2.48. The highest BCUT2D eigenvalue weighted by molar-refractivity contribution is 5.55. The molecule has 0 amide bonds. The quantitative estimate of drug-likeness (QED) is 0.233. The lowest BCUT2D eigenvalue weighted by molar-refractivity contribution is 0.127. The van der Waals surface area contributed by atoms with Gasteiger partial charge >= 0.3 is 0 Å². The highest BCUT2D eigenvalue weighted by Gasteiger charge is 2.45. The molecule has 3 aromatic carbocycles. The molecular formula is C38H50N2O2. The molecule has 2 unspecified atom stereocenters. The lowest BCUT2D eigenvalue weighted by atomic mass is 9.55. The maximum absolute atomic E-state index is 6.23. The number of hydrogen-bond donors (Lipinski definition) is 0. The molecule has 42 heavy (non-hydrogen) atoms. The van der Waals surface area contributed by atoms with Crippen LogP contribution in [0, 0.1) is 18.3 Å². The maximum atomic E-state index is 6.23. The Kier molecular flexibility index (Phi) is 11.7. The van der Waals surface area contributed by atoms with E-state index in [0.717, 1.165) is 35.6 Å². The van der Waals surface area contributed by atoms with Crippen LogP contribution in [0.5, 0.6) is 17.4 Å². The molecule has 1 aromatic heterocycles. The van der Waals surface area contributed by atoms with E-state index in [0.29, 0.717) is 17.6 Å². The predicted octanol–water partition coefficient (Wildman–Crippen LogP) is 10.8. The zero-order valence-electron chi connectivity index (χ0n) is 27.2. The van der Waals surface area contributed by atoms with E-state index in [1.54, 1.807) is 7.11 Å². The first-order valence-corrected chi connectivity index (χ1v) is 15.5. The van der Waals surface area contributed by atoms with Crippen molar-refractivity contribution in [2.24, 2.45) is 11.3 Å². The molecular weight excluding hydrogens is 516 g/mol. The third kappa shape index (κ3) is 8.21. The zero-order valence-corrected chi connectivity index (χ0v) is 27.2. The molecule has 1 fully saturated rings. The number of hydrogen-bond acceptors (Lipinski definition) is 4. The largest absolute Gasteiger partial charge is 0.497 e. The van der Waals surface area contributed by atoms with Gasteiger partial charge in [0.1, 0.15) is 11.5 Å². The second kappa shape index (κ2) is 15.0. The molecule has 0 bridgehead atoms. The number of methoxy groups -OCH3 is 1. The molecule has 1 aliphatic carbocycles. The predicted molar refractivity (Wildman–Crippen MR) is 177 cm³/mol. The van der Waals surface area contributed by atoms with Crippen LogP contribution < -0.4 is 9.47 Å². The summed E-state index contributed by atoms with van der Waals surface area (Å²) >= 11 is 0. The van der Waals surface area contributed by atoms with Crippen LogP contribution in [-0.2, 0) is 5.41 Å². The molecule has 0 radical (unpaired) electrons. The standard InChI is InChI=1S/C33H36N2O2.C3H8.C2H6/c1-23-20-32(3,4)22-33(21-23,26-11-15-28(36-5)16-12-26)27-13-17-29(18-14-27)37-30-19-24(2)34-31(35-30)25-9-7-6-8-10-25;1-3-2;1-2/h6-19,23H,20-22H2,1-5H3;3H2,1-2H3;1-2H3. The van der Waals surface area contributed by atoms with Crippen LogP contribution in [0.4, 0.5) is 0 Å². The van der Waals surface area contributed by atoms with Crippen LogP contribution in [-0.4, -0.2) is 17.1 Å². The van der Waals surface area contributed by atoms with Crippen molar-refractivity contribution in [2.75, 3.05) is 7.11 Å². The van der Waals surface area contributed by atoms with Crippen molar-refractivity contribution in [1.82, 2.24) is 9.97 Å². The summed E-state index contributed by atoms with van der Waals surface area (Å²) < 4.78 is 11.7. The molecule has 1 heterocycles. The zero-order chi connectivity index (χ0) is 30.8. The van der Waals surface area contributed by atoms with E-state index in [2.05, 4.69) is 93.1 Å². The highest BCUT2D eigenvalue weighted by Crippen LogP contribution is 2.53. The summed E-state index contributed by atoms with van der Waals surface area (Å²) in [5.41, 5.74) is 4.71. The number of nitrogens with zero attached hydrogens (tertiary/aromatic N) is 2. The molecule has 224 valence electrons. The van der Waals surface area contributed by atoms with Crippen molar-refractivity contribution >= 4 is 0 Å². The van der Waals surface area contributed by atoms with Crippen LogP contribution in [0.2, 0.25) is 0 Å². The molecule has 2 atom stereocenters. The molecule has 4 aromatic rings. The minimum Gasteiger partial charge on any atom is -0.497 e. The molecule has 0 aliphatic heterocycles. The molecule has 0 saturated heterocycles. The van der Waals surface area contributed by atoms with Crippen LogP contribution in [0.3, 0.4) is 0 Å². The Morgan fingerprint density at radius 3 is 1.86 bits per heavy atom. The lowest BCUT2D eigenvalue weighted by Crippen LogP contribution is -2.41.